The number of rotatable bonds is 9. The molecule has 0 radical (unpaired) electrons. The van der Waals surface area contributed by atoms with Crippen LogP contribution in [0.3, 0.4) is 0 Å². The van der Waals surface area contributed by atoms with Crippen LogP contribution in [-0.2, 0) is 32.4 Å². The van der Waals surface area contributed by atoms with E-state index < -0.39 is 10.0 Å². The Morgan fingerprint density at radius 2 is 1.95 bits per heavy atom. The van der Waals surface area contributed by atoms with Crippen LogP contribution in [0, 0.1) is 23.2 Å². The molecule has 1 aromatic carbocycles. The Morgan fingerprint density at radius 1 is 1.19 bits per heavy atom. The molecule has 4 rings (SSSR count). The normalized spacial score (nSPS) is 18.2. The van der Waals surface area contributed by atoms with Gasteiger partial charge >= 0.3 is 0 Å². The van der Waals surface area contributed by atoms with Gasteiger partial charge in [0.25, 0.3) is 5.91 Å². The Labute approximate surface area is 218 Å². The molecule has 2 aliphatic rings. The van der Waals surface area contributed by atoms with Gasteiger partial charge in [-0.05, 0) is 81.5 Å². The summed E-state index contributed by atoms with van der Waals surface area (Å²) in [6, 6.07) is 7.17. The number of carbonyl (C=O) groups is 2. The van der Waals surface area contributed by atoms with Gasteiger partial charge in [0.05, 0.1) is 30.3 Å². The molecule has 0 bridgehead atoms. The molecule has 1 atom stereocenters. The van der Waals surface area contributed by atoms with E-state index in [2.05, 4.69) is 5.32 Å². The molecule has 0 spiro atoms. The number of nitriles is 1. The number of hydrogen-bond acceptors (Lipinski definition) is 6. The second-order valence-corrected chi connectivity index (χ2v) is 12.0. The number of carbonyl (C=O) groups excluding carboxylic acids is 2. The molecule has 1 unspecified atom stereocenters. The van der Waals surface area contributed by atoms with Gasteiger partial charge in [0.2, 0.25) is 15.9 Å². The monoisotopic (exact) mass is 528 g/mol. The predicted octanol–water partition coefficient (Wildman–Crippen LogP) is 2.86. The van der Waals surface area contributed by atoms with Crippen LogP contribution in [0.1, 0.15) is 61.1 Å². The Kier molecular flexibility index (Phi) is 8.55. The fourth-order valence-corrected chi connectivity index (χ4v) is 6.97. The molecule has 9 nitrogen and oxygen atoms in total. The van der Waals surface area contributed by atoms with Crippen LogP contribution in [0.25, 0.3) is 10.9 Å². The van der Waals surface area contributed by atoms with Gasteiger partial charge in [-0.1, -0.05) is 0 Å². The van der Waals surface area contributed by atoms with Crippen LogP contribution in [0.15, 0.2) is 18.2 Å². The molecule has 1 aliphatic heterocycles. The van der Waals surface area contributed by atoms with Crippen LogP contribution in [0.2, 0.25) is 0 Å². The second kappa shape index (κ2) is 11.7. The van der Waals surface area contributed by atoms with Crippen molar-refractivity contribution in [3.63, 3.8) is 0 Å². The van der Waals surface area contributed by atoms with Crippen molar-refractivity contribution in [2.75, 3.05) is 38.6 Å². The number of benzene rings is 1. The van der Waals surface area contributed by atoms with Crippen molar-refractivity contribution < 1.29 is 22.7 Å². The fraction of sp³-hybridized carbons (Fsp3) is 0.593. The minimum atomic E-state index is -3.52. The van der Waals surface area contributed by atoms with E-state index in [0.29, 0.717) is 35.9 Å². The lowest BCUT2D eigenvalue weighted by molar-refractivity contribution is -0.121. The molecule has 1 aromatic heterocycles. The maximum atomic E-state index is 13.4. The molecule has 2 heterocycles. The number of fused-ring (bicyclic) bond motifs is 3. The van der Waals surface area contributed by atoms with Gasteiger partial charge in [-0.15, -0.1) is 0 Å². The number of nitrogens with one attached hydrogen (secondary N) is 1. The zero-order chi connectivity index (χ0) is 26.6. The molecule has 1 N–H and O–H groups in total. The molecule has 10 heteroatoms. The Bertz CT molecular complexity index is 1300. The third-order valence-electron chi connectivity index (χ3n) is 7.74. The summed E-state index contributed by atoms with van der Waals surface area (Å²) in [7, 11) is -3.52. The van der Waals surface area contributed by atoms with Gasteiger partial charge in [0.15, 0.2) is 0 Å². The van der Waals surface area contributed by atoms with E-state index in [1.807, 2.05) is 13.0 Å². The average Bonchev–Trinajstić information content (AvgIpc) is 3.25. The number of aromatic nitrogens is 1. The first-order valence-electron chi connectivity index (χ1n) is 13.2. The minimum absolute atomic E-state index is 0.00216. The smallest absolute Gasteiger partial charge is 0.254 e. The lowest BCUT2D eigenvalue weighted by Crippen LogP contribution is -2.40. The van der Waals surface area contributed by atoms with E-state index in [9.17, 15) is 18.0 Å². The molecule has 0 saturated carbocycles. The highest BCUT2D eigenvalue weighted by atomic mass is 32.2. The second-order valence-electron chi connectivity index (χ2n) is 9.85. The summed E-state index contributed by atoms with van der Waals surface area (Å²) in [5.41, 5.74) is 2.92. The van der Waals surface area contributed by atoms with Gasteiger partial charge in [0, 0.05) is 42.9 Å². The maximum absolute atomic E-state index is 13.4. The number of ether oxygens (including phenoxy) is 1. The summed E-state index contributed by atoms with van der Waals surface area (Å²) < 4.78 is 33.3. The van der Waals surface area contributed by atoms with Crippen molar-refractivity contribution >= 4 is 32.7 Å². The maximum Gasteiger partial charge on any atom is 0.254 e. The molecular weight excluding hydrogens is 492 g/mol. The Morgan fingerprint density at radius 3 is 2.62 bits per heavy atom. The zero-order valence-electron chi connectivity index (χ0n) is 21.7. The fourth-order valence-electron chi connectivity index (χ4n) is 5.71. The van der Waals surface area contributed by atoms with E-state index in [4.69, 9.17) is 10.00 Å². The number of likely N-dealkylation sites (N-methyl/N-ethyl adjacent to an activating group) is 1. The van der Waals surface area contributed by atoms with Crippen molar-refractivity contribution in [2.45, 2.75) is 52.4 Å². The van der Waals surface area contributed by atoms with Gasteiger partial charge in [-0.2, -0.15) is 5.26 Å². The largest absolute Gasteiger partial charge is 0.381 e. The average molecular weight is 529 g/mol. The van der Waals surface area contributed by atoms with E-state index >= 15 is 0 Å². The quantitative estimate of drug-likeness (QED) is 0.500. The van der Waals surface area contributed by atoms with Crippen molar-refractivity contribution in [3.8, 4) is 6.07 Å². The van der Waals surface area contributed by atoms with E-state index in [-0.39, 0.29) is 37.1 Å². The minimum Gasteiger partial charge on any atom is -0.381 e. The third kappa shape index (κ3) is 5.68. The van der Waals surface area contributed by atoms with Crippen LogP contribution in [0.5, 0.6) is 0 Å². The first kappa shape index (κ1) is 27.1. The van der Waals surface area contributed by atoms with Gasteiger partial charge in [-0.25, -0.2) is 12.4 Å². The highest BCUT2D eigenvalue weighted by Gasteiger charge is 2.34. The van der Waals surface area contributed by atoms with Crippen LogP contribution in [0.4, 0.5) is 0 Å². The van der Waals surface area contributed by atoms with E-state index in [1.54, 1.807) is 25.1 Å². The predicted molar refractivity (Wildman–Crippen MR) is 141 cm³/mol. The number of nitrogens with zero attached hydrogens (tertiary/aromatic N) is 3. The van der Waals surface area contributed by atoms with Gasteiger partial charge < -0.3 is 15.0 Å². The lowest BCUT2D eigenvalue weighted by Gasteiger charge is -2.33. The lowest BCUT2D eigenvalue weighted by atomic mass is 9.75. The summed E-state index contributed by atoms with van der Waals surface area (Å²) >= 11 is 0. The molecule has 2 amide bonds. The van der Waals surface area contributed by atoms with Crippen molar-refractivity contribution in [3.05, 3.63) is 35.0 Å². The van der Waals surface area contributed by atoms with Crippen molar-refractivity contribution in [2.24, 2.45) is 11.8 Å². The van der Waals surface area contributed by atoms with Crippen LogP contribution < -0.4 is 5.32 Å². The highest BCUT2D eigenvalue weighted by molar-refractivity contribution is 7.90. The number of hydrogen-bond donors (Lipinski definition) is 1. The SMILES string of the molecule is CCN(CC(=O)NCCC#N)C(=O)c1ccc2c(c1)c1c(n2S(=O)(=O)CC)CCC(C2CCOCC2)C1. The third-order valence-corrected chi connectivity index (χ3v) is 9.44. The first-order valence-corrected chi connectivity index (χ1v) is 14.8. The molecule has 200 valence electrons. The molecular formula is C27H36N4O5S. The highest BCUT2D eigenvalue weighted by Crippen LogP contribution is 2.40. The Balaban J connectivity index is 1.68. The van der Waals surface area contributed by atoms with Crippen molar-refractivity contribution in [1.82, 2.24) is 14.2 Å². The van der Waals surface area contributed by atoms with Crippen LogP contribution >= 0.6 is 0 Å². The van der Waals surface area contributed by atoms with E-state index in [0.717, 1.165) is 55.5 Å². The molecule has 2 aromatic rings. The van der Waals surface area contributed by atoms with Gasteiger partial charge in [-0.3, -0.25) is 9.59 Å². The summed E-state index contributed by atoms with van der Waals surface area (Å²) in [6.07, 6.45) is 4.69. The molecule has 1 aliphatic carbocycles. The number of amides is 2. The Hall–Kier alpha value is -2.90. The summed E-state index contributed by atoms with van der Waals surface area (Å²) in [5, 5.41) is 12.1. The summed E-state index contributed by atoms with van der Waals surface area (Å²) in [6.45, 7) is 5.49. The molecule has 37 heavy (non-hydrogen) atoms. The topological polar surface area (TPSA) is 121 Å². The summed E-state index contributed by atoms with van der Waals surface area (Å²) in [4.78, 5) is 27.1. The summed E-state index contributed by atoms with van der Waals surface area (Å²) in [5.74, 6) is 0.420. The standard InChI is InChI=1S/C27H36N4O5S/c1-3-30(18-26(32)29-13-5-12-28)27(33)21-7-9-25-23(17-21)22-16-20(19-10-14-36-15-11-19)6-8-24(22)31(25)37(34,35)4-2/h7,9,17,19-20H,3-6,8,10-11,13-16,18H2,1-2H3,(H,29,32). The van der Waals surface area contributed by atoms with Crippen molar-refractivity contribution in [1.29, 1.82) is 5.26 Å². The zero-order valence-corrected chi connectivity index (χ0v) is 22.5. The first-order chi connectivity index (χ1) is 17.8. The molecule has 1 fully saturated rings. The van der Waals surface area contributed by atoms with Crippen LogP contribution in [-0.4, -0.2) is 67.7 Å². The van der Waals surface area contributed by atoms with Gasteiger partial charge in [0.1, 0.15) is 0 Å². The van der Waals surface area contributed by atoms with E-state index in [1.165, 1.54) is 8.87 Å². The molecule has 1 saturated heterocycles.